The zero-order valence-corrected chi connectivity index (χ0v) is 8.35. The van der Waals surface area contributed by atoms with Gasteiger partial charge in [-0.15, -0.1) is 0 Å². The Bertz CT molecular complexity index is 452. The Labute approximate surface area is 79.6 Å². The number of hydrogen-bond donors (Lipinski definition) is 1. The SMILES string of the molecule is Cc1nn(C)c(S(N)(=O)=O)c1C(F)F. The normalized spacial score (nSPS) is 12.4. The third-order valence-corrected chi connectivity index (χ3v) is 2.72. The zero-order chi connectivity index (χ0) is 11.1. The van der Waals surface area contributed by atoms with Crippen molar-refractivity contribution in [1.82, 2.24) is 9.78 Å². The van der Waals surface area contributed by atoms with E-state index in [0.717, 1.165) is 4.68 Å². The second kappa shape index (κ2) is 3.28. The molecule has 1 heterocycles. The Balaban J connectivity index is 3.57. The molecule has 0 amide bonds. The molecule has 0 aliphatic carbocycles. The molecule has 0 aliphatic rings. The number of primary sulfonamides is 1. The van der Waals surface area contributed by atoms with Gasteiger partial charge in [0.2, 0.25) is 0 Å². The Morgan fingerprint density at radius 3 is 2.29 bits per heavy atom. The highest BCUT2D eigenvalue weighted by atomic mass is 32.2. The van der Waals surface area contributed by atoms with Crippen LogP contribution in [0.25, 0.3) is 0 Å². The lowest BCUT2D eigenvalue weighted by Crippen LogP contribution is -2.18. The van der Waals surface area contributed by atoms with Gasteiger partial charge in [0.05, 0.1) is 11.3 Å². The average Bonchev–Trinajstić information content (AvgIpc) is 2.23. The number of sulfonamides is 1. The van der Waals surface area contributed by atoms with Crippen molar-refractivity contribution in [2.75, 3.05) is 0 Å². The zero-order valence-electron chi connectivity index (χ0n) is 7.53. The van der Waals surface area contributed by atoms with Crippen LogP contribution in [-0.2, 0) is 17.1 Å². The highest BCUT2D eigenvalue weighted by molar-refractivity contribution is 7.89. The summed E-state index contributed by atoms with van der Waals surface area (Å²) in [6, 6.07) is 0. The summed E-state index contributed by atoms with van der Waals surface area (Å²) in [6.45, 7) is 1.30. The van der Waals surface area contributed by atoms with Crippen molar-refractivity contribution in [1.29, 1.82) is 0 Å². The molecular formula is C6H9F2N3O2S. The van der Waals surface area contributed by atoms with E-state index in [4.69, 9.17) is 5.14 Å². The maximum Gasteiger partial charge on any atom is 0.268 e. The molecule has 80 valence electrons. The fraction of sp³-hybridized carbons (Fsp3) is 0.500. The lowest BCUT2D eigenvalue weighted by atomic mass is 10.3. The van der Waals surface area contributed by atoms with E-state index in [2.05, 4.69) is 5.10 Å². The summed E-state index contributed by atoms with van der Waals surface area (Å²) in [7, 11) is -2.92. The van der Waals surface area contributed by atoms with Crippen LogP contribution in [0.15, 0.2) is 5.03 Å². The van der Waals surface area contributed by atoms with Crippen LogP contribution in [0.2, 0.25) is 0 Å². The molecule has 1 aromatic rings. The number of aromatic nitrogens is 2. The predicted octanol–water partition coefficient (Wildman–Crippen LogP) is 0.314. The summed E-state index contributed by atoms with van der Waals surface area (Å²) in [5.41, 5.74) is -0.665. The lowest BCUT2D eigenvalue weighted by Gasteiger charge is -2.02. The van der Waals surface area contributed by atoms with Crippen LogP contribution >= 0.6 is 0 Å². The van der Waals surface area contributed by atoms with Gasteiger partial charge in [-0.2, -0.15) is 5.10 Å². The summed E-state index contributed by atoms with van der Waals surface area (Å²) in [4.78, 5) is 0. The molecule has 0 fully saturated rings. The number of nitrogens with two attached hydrogens (primary N) is 1. The number of hydrogen-bond acceptors (Lipinski definition) is 3. The number of alkyl halides is 2. The van der Waals surface area contributed by atoms with E-state index in [1.165, 1.54) is 14.0 Å². The maximum absolute atomic E-state index is 12.5. The Kier molecular flexibility index (Phi) is 2.59. The standard InChI is InChI=1S/C6H9F2N3O2S/c1-3-4(5(7)8)6(11(2)10-3)14(9,12)13/h5H,1-2H3,(H2,9,12,13). The highest BCUT2D eigenvalue weighted by Gasteiger charge is 2.28. The van der Waals surface area contributed by atoms with E-state index < -0.39 is 27.0 Å². The first kappa shape index (κ1) is 11.1. The first-order chi connectivity index (χ1) is 6.25. The average molecular weight is 225 g/mol. The second-order valence-electron chi connectivity index (χ2n) is 2.77. The Morgan fingerprint density at radius 2 is 2.00 bits per heavy atom. The third kappa shape index (κ3) is 1.75. The molecule has 0 spiro atoms. The molecule has 1 rings (SSSR count). The van der Waals surface area contributed by atoms with E-state index in [-0.39, 0.29) is 5.69 Å². The van der Waals surface area contributed by atoms with E-state index in [1.54, 1.807) is 0 Å². The van der Waals surface area contributed by atoms with E-state index in [1.807, 2.05) is 0 Å². The van der Waals surface area contributed by atoms with Gasteiger partial charge >= 0.3 is 0 Å². The molecular weight excluding hydrogens is 216 g/mol. The molecule has 0 saturated heterocycles. The molecule has 0 aliphatic heterocycles. The smallest absolute Gasteiger partial charge is 0.255 e. The fourth-order valence-corrected chi connectivity index (χ4v) is 2.19. The van der Waals surface area contributed by atoms with Gasteiger partial charge in [0.25, 0.3) is 16.4 Å². The summed E-state index contributed by atoms with van der Waals surface area (Å²) >= 11 is 0. The molecule has 0 aromatic carbocycles. The third-order valence-electron chi connectivity index (χ3n) is 1.70. The minimum absolute atomic E-state index is 0.0356. The van der Waals surface area contributed by atoms with Crippen molar-refractivity contribution < 1.29 is 17.2 Å². The van der Waals surface area contributed by atoms with Crippen LogP contribution in [0.3, 0.4) is 0 Å². The van der Waals surface area contributed by atoms with Crippen LogP contribution in [-0.4, -0.2) is 18.2 Å². The van der Waals surface area contributed by atoms with Crippen LogP contribution in [0.1, 0.15) is 17.7 Å². The van der Waals surface area contributed by atoms with Gasteiger partial charge < -0.3 is 0 Å². The molecule has 8 heteroatoms. The Hall–Kier alpha value is -1.02. The first-order valence-electron chi connectivity index (χ1n) is 3.59. The van der Waals surface area contributed by atoms with Gasteiger partial charge in [-0.1, -0.05) is 0 Å². The first-order valence-corrected chi connectivity index (χ1v) is 5.14. The van der Waals surface area contributed by atoms with E-state index in [9.17, 15) is 17.2 Å². The van der Waals surface area contributed by atoms with Crippen molar-refractivity contribution in [2.24, 2.45) is 12.2 Å². The van der Waals surface area contributed by atoms with E-state index >= 15 is 0 Å². The molecule has 0 bridgehead atoms. The monoisotopic (exact) mass is 225 g/mol. The van der Waals surface area contributed by atoms with Crippen molar-refractivity contribution >= 4 is 10.0 Å². The molecule has 1 aromatic heterocycles. The van der Waals surface area contributed by atoms with Crippen LogP contribution in [0.4, 0.5) is 8.78 Å². The number of nitrogens with zero attached hydrogens (tertiary/aromatic N) is 2. The topological polar surface area (TPSA) is 78.0 Å². The summed E-state index contributed by atoms with van der Waals surface area (Å²) in [5, 5.41) is 7.73. The summed E-state index contributed by atoms with van der Waals surface area (Å²) in [6.07, 6.45) is -2.91. The Morgan fingerprint density at radius 1 is 1.50 bits per heavy atom. The van der Waals surface area contributed by atoms with Gasteiger partial charge in [-0.05, 0) is 6.92 Å². The molecule has 0 saturated carbocycles. The summed E-state index contributed by atoms with van der Waals surface area (Å²) < 4.78 is 47.7. The number of halogens is 2. The van der Waals surface area contributed by atoms with Crippen molar-refractivity contribution in [2.45, 2.75) is 18.4 Å². The van der Waals surface area contributed by atoms with Crippen LogP contribution in [0.5, 0.6) is 0 Å². The number of rotatable bonds is 2. The van der Waals surface area contributed by atoms with Gasteiger partial charge in [-0.25, -0.2) is 22.3 Å². The molecule has 5 nitrogen and oxygen atoms in total. The number of aryl methyl sites for hydroxylation is 2. The van der Waals surface area contributed by atoms with Crippen molar-refractivity contribution in [3.63, 3.8) is 0 Å². The van der Waals surface area contributed by atoms with Gasteiger partial charge in [0.15, 0.2) is 5.03 Å². The molecule has 2 N–H and O–H groups in total. The lowest BCUT2D eigenvalue weighted by molar-refractivity contribution is 0.146. The molecule has 0 atom stereocenters. The van der Waals surface area contributed by atoms with Gasteiger partial charge in [0.1, 0.15) is 0 Å². The maximum atomic E-state index is 12.5. The minimum atomic E-state index is -4.17. The van der Waals surface area contributed by atoms with Crippen LogP contribution < -0.4 is 5.14 Å². The van der Waals surface area contributed by atoms with Gasteiger partial charge in [0, 0.05) is 7.05 Å². The van der Waals surface area contributed by atoms with Crippen LogP contribution in [0, 0.1) is 6.92 Å². The second-order valence-corrected chi connectivity index (χ2v) is 4.25. The summed E-state index contributed by atoms with van der Waals surface area (Å²) in [5.74, 6) is 0. The molecule has 14 heavy (non-hydrogen) atoms. The largest absolute Gasteiger partial charge is 0.268 e. The highest BCUT2D eigenvalue weighted by Crippen LogP contribution is 2.27. The predicted molar refractivity (Wildman–Crippen MR) is 44.3 cm³/mol. The van der Waals surface area contributed by atoms with E-state index in [0.29, 0.717) is 0 Å². The van der Waals surface area contributed by atoms with Crippen molar-refractivity contribution in [3.05, 3.63) is 11.3 Å². The molecule has 0 unspecified atom stereocenters. The fourth-order valence-electron chi connectivity index (χ4n) is 1.24. The molecule has 0 radical (unpaired) electrons. The van der Waals surface area contributed by atoms with Crippen molar-refractivity contribution in [3.8, 4) is 0 Å². The minimum Gasteiger partial charge on any atom is -0.255 e. The quantitative estimate of drug-likeness (QED) is 0.787. The van der Waals surface area contributed by atoms with Gasteiger partial charge in [-0.3, -0.25) is 4.68 Å².